The molecule has 0 bridgehead atoms. The number of rotatable bonds is 8. The fourth-order valence-corrected chi connectivity index (χ4v) is 3.03. The monoisotopic (exact) mass is 423 g/mol. The predicted molar refractivity (Wildman–Crippen MR) is 112 cm³/mol. The molecule has 0 unspecified atom stereocenters. The number of carboxylic acid groups (broad SMARTS) is 1. The van der Waals surface area contributed by atoms with E-state index >= 15 is 0 Å². The van der Waals surface area contributed by atoms with Gasteiger partial charge in [0.2, 0.25) is 11.5 Å². The second-order valence-electron chi connectivity index (χ2n) is 5.94. The summed E-state index contributed by atoms with van der Waals surface area (Å²) in [6.07, 6.45) is -0.707. The third-order valence-electron chi connectivity index (χ3n) is 3.87. The molecule has 2 aromatic carbocycles. The van der Waals surface area contributed by atoms with E-state index in [1.165, 1.54) is 5.38 Å². The van der Waals surface area contributed by atoms with Crippen molar-refractivity contribution in [3.05, 3.63) is 95.2 Å². The number of carboxylic acids is 1. The minimum absolute atomic E-state index is 0.0117. The number of esters is 1. The second-order valence-corrected chi connectivity index (χ2v) is 6.83. The Kier molecular flexibility index (Phi) is 6.56. The van der Waals surface area contributed by atoms with Gasteiger partial charge in [0.15, 0.2) is 11.2 Å². The lowest BCUT2D eigenvalue weighted by molar-refractivity contribution is -0.147. The molecule has 3 aromatic rings. The molecule has 3 rings (SSSR count). The van der Waals surface area contributed by atoms with Crippen LogP contribution >= 0.6 is 11.3 Å². The first-order valence-corrected chi connectivity index (χ1v) is 9.53. The Hall–Kier alpha value is -3.98. The Bertz CT molecular complexity index is 1040. The lowest BCUT2D eigenvalue weighted by Crippen LogP contribution is -2.18. The molecule has 0 saturated heterocycles. The molecule has 1 aromatic heterocycles. The second kappa shape index (κ2) is 9.48. The molecular formula is C21H17N3O5S. The lowest BCUT2D eigenvalue weighted by atomic mass is 10.0. The highest BCUT2D eigenvalue weighted by Gasteiger charge is 2.23. The molecule has 0 saturated carbocycles. The highest BCUT2D eigenvalue weighted by atomic mass is 32.1. The van der Waals surface area contributed by atoms with Gasteiger partial charge in [0, 0.05) is 5.38 Å². The van der Waals surface area contributed by atoms with Crippen molar-refractivity contribution in [2.24, 2.45) is 5.16 Å². The Labute approximate surface area is 175 Å². The SMILES string of the molecule is C=C(O/N=C(/C(=O)O)c1csc(N)n1)C(=O)OC(c1ccccc1)c1ccccc1. The van der Waals surface area contributed by atoms with E-state index in [0.717, 1.165) is 22.5 Å². The summed E-state index contributed by atoms with van der Waals surface area (Å²) in [7, 11) is 0. The van der Waals surface area contributed by atoms with Gasteiger partial charge in [0.25, 0.3) is 0 Å². The molecule has 0 radical (unpaired) electrons. The van der Waals surface area contributed by atoms with Crippen LogP contribution in [0.1, 0.15) is 22.9 Å². The van der Waals surface area contributed by atoms with Crippen LogP contribution in [0, 0.1) is 0 Å². The van der Waals surface area contributed by atoms with Crippen molar-refractivity contribution in [3.63, 3.8) is 0 Å². The van der Waals surface area contributed by atoms with Crippen molar-refractivity contribution < 1.29 is 24.3 Å². The number of hydrogen-bond acceptors (Lipinski definition) is 8. The van der Waals surface area contributed by atoms with E-state index in [9.17, 15) is 14.7 Å². The zero-order valence-corrected chi connectivity index (χ0v) is 16.4. The molecule has 9 heteroatoms. The van der Waals surface area contributed by atoms with Gasteiger partial charge in [0.05, 0.1) is 0 Å². The number of ether oxygens (including phenoxy) is 1. The molecule has 1 heterocycles. The van der Waals surface area contributed by atoms with Crippen LogP contribution in [0.4, 0.5) is 5.13 Å². The number of carbonyl (C=O) groups excluding carboxylic acids is 1. The first kappa shape index (κ1) is 20.7. The summed E-state index contributed by atoms with van der Waals surface area (Å²) in [6, 6.07) is 18.3. The Morgan fingerprint density at radius 1 is 1.07 bits per heavy atom. The Balaban J connectivity index is 1.77. The summed E-state index contributed by atoms with van der Waals surface area (Å²) in [5.74, 6) is -2.76. The fraction of sp³-hybridized carbons (Fsp3) is 0.0476. The maximum absolute atomic E-state index is 12.5. The van der Waals surface area contributed by atoms with Gasteiger partial charge in [-0.1, -0.05) is 65.8 Å². The van der Waals surface area contributed by atoms with Crippen LogP contribution in [0.25, 0.3) is 0 Å². The van der Waals surface area contributed by atoms with Gasteiger partial charge in [-0.15, -0.1) is 11.3 Å². The fourth-order valence-electron chi connectivity index (χ4n) is 2.49. The van der Waals surface area contributed by atoms with E-state index < -0.39 is 29.5 Å². The van der Waals surface area contributed by atoms with E-state index in [2.05, 4.69) is 16.7 Å². The number of hydrogen-bond donors (Lipinski definition) is 2. The number of benzene rings is 2. The minimum Gasteiger partial charge on any atom is -0.476 e. The number of anilines is 1. The van der Waals surface area contributed by atoms with Gasteiger partial charge < -0.3 is 20.4 Å². The van der Waals surface area contributed by atoms with Crippen LogP contribution in [0.3, 0.4) is 0 Å². The van der Waals surface area contributed by atoms with Gasteiger partial charge in [-0.05, 0) is 17.7 Å². The molecule has 0 spiro atoms. The third kappa shape index (κ3) is 5.09. The van der Waals surface area contributed by atoms with E-state index in [0.29, 0.717) is 0 Å². The topological polar surface area (TPSA) is 124 Å². The molecule has 30 heavy (non-hydrogen) atoms. The van der Waals surface area contributed by atoms with Gasteiger partial charge in [-0.2, -0.15) is 0 Å². The quantitative estimate of drug-likeness (QED) is 0.187. The molecule has 8 nitrogen and oxygen atoms in total. The number of nitrogen functional groups attached to an aromatic ring is 1. The van der Waals surface area contributed by atoms with Crippen molar-refractivity contribution in [1.29, 1.82) is 0 Å². The number of aliphatic carboxylic acids is 1. The summed E-state index contributed by atoms with van der Waals surface area (Å²) in [5.41, 5.74) is 6.51. The number of nitrogens with zero attached hydrogens (tertiary/aromatic N) is 2. The summed E-state index contributed by atoms with van der Waals surface area (Å²) >= 11 is 1.05. The molecule has 0 amide bonds. The standard InChI is InChI=1S/C21H17N3O5S/c1-13(29-24-17(19(25)26)16-12-30-21(22)23-16)20(27)28-18(14-8-4-2-5-9-14)15-10-6-3-7-11-15/h2-12,18H,1H2,(H2,22,23)(H,25,26)/b24-17+. The molecule has 0 aliphatic carbocycles. The Morgan fingerprint density at radius 2 is 1.63 bits per heavy atom. The number of oxime groups is 1. The maximum Gasteiger partial charge on any atom is 0.377 e. The van der Waals surface area contributed by atoms with Crippen LogP contribution < -0.4 is 5.73 Å². The van der Waals surface area contributed by atoms with Crippen molar-refractivity contribution in [2.45, 2.75) is 6.10 Å². The molecule has 0 fully saturated rings. The van der Waals surface area contributed by atoms with Crippen LogP contribution in [-0.2, 0) is 19.2 Å². The van der Waals surface area contributed by atoms with Crippen LogP contribution in [0.15, 0.2) is 83.5 Å². The highest BCUT2D eigenvalue weighted by molar-refractivity contribution is 7.13. The summed E-state index contributed by atoms with van der Waals surface area (Å²) in [5, 5.41) is 14.4. The van der Waals surface area contributed by atoms with E-state index in [1.807, 2.05) is 60.7 Å². The average molecular weight is 423 g/mol. The maximum atomic E-state index is 12.5. The van der Waals surface area contributed by atoms with Crippen molar-refractivity contribution in [3.8, 4) is 0 Å². The Morgan fingerprint density at radius 3 is 2.10 bits per heavy atom. The average Bonchev–Trinajstić information content (AvgIpc) is 3.18. The van der Waals surface area contributed by atoms with E-state index in [1.54, 1.807) is 0 Å². The molecule has 3 N–H and O–H groups in total. The normalized spacial score (nSPS) is 11.2. The summed E-state index contributed by atoms with van der Waals surface area (Å²) < 4.78 is 5.57. The van der Waals surface area contributed by atoms with Crippen LogP contribution in [-0.4, -0.2) is 27.7 Å². The minimum atomic E-state index is -1.40. The molecule has 0 aliphatic heterocycles. The first-order valence-electron chi connectivity index (χ1n) is 8.65. The largest absolute Gasteiger partial charge is 0.476 e. The van der Waals surface area contributed by atoms with Gasteiger partial charge in [0.1, 0.15) is 5.69 Å². The van der Waals surface area contributed by atoms with E-state index in [-0.39, 0.29) is 10.8 Å². The van der Waals surface area contributed by atoms with Gasteiger partial charge in [-0.3, -0.25) is 0 Å². The van der Waals surface area contributed by atoms with Crippen molar-refractivity contribution in [2.75, 3.05) is 5.73 Å². The van der Waals surface area contributed by atoms with Gasteiger partial charge >= 0.3 is 11.9 Å². The van der Waals surface area contributed by atoms with Gasteiger partial charge in [-0.25, -0.2) is 14.6 Å². The number of carbonyl (C=O) groups is 2. The lowest BCUT2D eigenvalue weighted by Gasteiger charge is -2.18. The predicted octanol–water partition coefficient (Wildman–Crippen LogP) is 3.38. The summed E-state index contributed by atoms with van der Waals surface area (Å²) in [4.78, 5) is 32.7. The zero-order chi connectivity index (χ0) is 21.5. The third-order valence-corrected chi connectivity index (χ3v) is 4.55. The molecule has 0 atom stereocenters. The molecule has 0 aliphatic rings. The van der Waals surface area contributed by atoms with E-state index in [4.69, 9.17) is 15.3 Å². The van der Waals surface area contributed by atoms with Crippen LogP contribution in [0.2, 0.25) is 0 Å². The number of aromatic nitrogens is 1. The zero-order valence-electron chi connectivity index (χ0n) is 15.6. The van der Waals surface area contributed by atoms with Crippen molar-refractivity contribution >= 4 is 34.1 Å². The molecule has 152 valence electrons. The summed E-state index contributed by atoms with van der Waals surface area (Å²) in [6.45, 7) is 3.49. The smallest absolute Gasteiger partial charge is 0.377 e. The highest BCUT2D eigenvalue weighted by Crippen LogP contribution is 2.27. The number of thiazole rings is 1. The van der Waals surface area contributed by atoms with Crippen molar-refractivity contribution in [1.82, 2.24) is 4.98 Å². The molecular weight excluding hydrogens is 406 g/mol. The number of nitrogens with two attached hydrogens (primary N) is 1. The first-order chi connectivity index (χ1) is 14.5. The van der Waals surface area contributed by atoms with Crippen LogP contribution in [0.5, 0.6) is 0 Å².